The fourth-order valence-corrected chi connectivity index (χ4v) is 2.30. The summed E-state index contributed by atoms with van der Waals surface area (Å²) < 4.78 is 7.05. The van der Waals surface area contributed by atoms with E-state index in [1.165, 1.54) is 0 Å². The Labute approximate surface area is 110 Å². The minimum absolute atomic E-state index is 0.104. The van der Waals surface area contributed by atoms with Gasteiger partial charge >= 0.3 is 0 Å². The molecule has 1 aliphatic heterocycles. The van der Waals surface area contributed by atoms with Crippen molar-refractivity contribution in [3.8, 4) is 0 Å². The highest BCUT2D eigenvalue weighted by atomic mass is 16.3. The number of carbonyl (C=O) groups excluding carboxylic acids is 1. The first-order chi connectivity index (χ1) is 9.18. The summed E-state index contributed by atoms with van der Waals surface area (Å²) in [6.45, 7) is 5.36. The van der Waals surface area contributed by atoms with E-state index in [0.29, 0.717) is 23.8 Å². The van der Waals surface area contributed by atoms with Crippen LogP contribution in [0.1, 0.15) is 42.3 Å². The number of hydrogen-bond donors (Lipinski definition) is 0. The van der Waals surface area contributed by atoms with Gasteiger partial charge in [0.1, 0.15) is 5.76 Å². The van der Waals surface area contributed by atoms with Crippen molar-refractivity contribution in [2.75, 3.05) is 11.4 Å². The molecule has 0 unspecified atom stereocenters. The highest BCUT2D eigenvalue weighted by molar-refractivity contribution is 6.06. The molecule has 0 aromatic carbocycles. The van der Waals surface area contributed by atoms with Gasteiger partial charge in [-0.3, -0.25) is 9.69 Å². The number of carbonyl (C=O) groups is 1. The maximum Gasteiger partial charge on any atom is 0.264 e. The van der Waals surface area contributed by atoms with Crippen LogP contribution in [0.5, 0.6) is 0 Å². The van der Waals surface area contributed by atoms with E-state index < -0.39 is 0 Å². The Kier molecular flexibility index (Phi) is 2.81. The molecule has 0 aliphatic carbocycles. The summed E-state index contributed by atoms with van der Waals surface area (Å²) in [6, 6.07) is 1.71. The fraction of sp³-hybridized carbons (Fsp3) is 0.500. The molecular weight excluding hydrogens is 246 g/mol. The van der Waals surface area contributed by atoms with Crippen LogP contribution < -0.4 is 4.90 Å². The predicted octanol–water partition coefficient (Wildman–Crippen LogP) is 1.44. The number of anilines is 1. The van der Waals surface area contributed by atoms with Crippen LogP contribution in [0.25, 0.3) is 0 Å². The molecule has 0 saturated heterocycles. The lowest BCUT2D eigenvalue weighted by Gasteiger charge is -2.25. The van der Waals surface area contributed by atoms with Gasteiger partial charge in [-0.2, -0.15) is 0 Å². The van der Waals surface area contributed by atoms with Crippen molar-refractivity contribution in [1.82, 2.24) is 20.2 Å². The van der Waals surface area contributed by atoms with Crippen LogP contribution in [-0.2, 0) is 6.54 Å². The standard InChI is InChI=1S/C12H15N5O2/c1-8(2)10-9(4-7-19-10)11(18)16-5-3-6-17-12(16)13-14-15-17/h4,7-8H,3,5-6H2,1-2H3. The normalized spacial score (nSPS) is 14.8. The molecule has 0 bridgehead atoms. The Morgan fingerprint density at radius 3 is 3.05 bits per heavy atom. The number of aromatic nitrogens is 4. The van der Waals surface area contributed by atoms with E-state index in [2.05, 4.69) is 15.5 Å². The zero-order valence-electron chi connectivity index (χ0n) is 10.9. The van der Waals surface area contributed by atoms with Crippen molar-refractivity contribution in [1.29, 1.82) is 0 Å². The summed E-state index contributed by atoms with van der Waals surface area (Å²) in [5.41, 5.74) is 0.589. The van der Waals surface area contributed by atoms with Gasteiger partial charge in [0.05, 0.1) is 11.8 Å². The number of nitrogens with zero attached hydrogens (tertiary/aromatic N) is 5. The summed E-state index contributed by atoms with van der Waals surface area (Å²) in [7, 11) is 0. The van der Waals surface area contributed by atoms with E-state index in [-0.39, 0.29) is 11.8 Å². The number of rotatable bonds is 2. The Bertz CT molecular complexity index is 601. The molecule has 1 aliphatic rings. The van der Waals surface area contributed by atoms with E-state index in [0.717, 1.165) is 13.0 Å². The van der Waals surface area contributed by atoms with Crippen molar-refractivity contribution in [3.63, 3.8) is 0 Å². The van der Waals surface area contributed by atoms with Gasteiger partial charge < -0.3 is 4.42 Å². The zero-order valence-corrected chi connectivity index (χ0v) is 10.9. The summed E-state index contributed by atoms with van der Waals surface area (Å²) in [5, 5.41) is 11.4. The number of amides is 1. The first-order valence-corrected chi connectivity index (χ1v) is 6.34. The van der Waals surface area contributed by atoms with Crippen LogP contribution in [0, 0.1) is 0 Å². The van der Waals surface area contributed by atoms with Gasteiger partial charge in [-0.05, 0) is 22.9 Å². The Morgan fingerprint density at radius 2 is 2.26 bits per heavy atom. The lowest BCUT2D eigenvalue weighted by molar-refractivity contribution is 0.0978. The molecule has 0 N–H and O–H groups in total. The third-order valence-corrected chi connectivity index (χ3v) is 3.20. The average molecular weight is 261 g/mol. The van der Waals surface area contributed by atoms with Crippen molar-refractivity contribution in [2.24, 2.45) is 0 Å². The summed E-state index contributed by atoms with van der Waals surface area (Å²) in [6.07, 6.45) is 2.40. The first kappa shape index (κ1) is 11.9. The quantitative estimate of drug-likeness (QED) is 0.817. The van der Waals surface area contributed by atoms with Crippen LogP contribution in [-0.4, -0.2) is 32.7 Å². The van der Waals surface area contributed by atoms with Gasteiger partial charge in [0.25, 0.3) is 11.9 Å². The van der Waals surface area contributed by atoms with Gasteiger partial charge in [0.2, 0.25) is 0 Å². The van der Waals surface area contributed by atoms with Crippen LogP contribution in [0.15, 0.2) is 16.7 Å². The topological polar surface area (TPSA) is 77.0 Å². The van der Waals surface area contributed by atoms with Crippen molar-refractivity contribution in [2.45, 2.75) is 32.7 Å². The molecule has 3 rings (SSSR count). The second kappa shape index (κ2) is 4.49. The van der Waals surface area contributed by atoms with Gasteiger partial charge in [0.15, 0.2) is 0 Å². The maximum absolute atomic E-state index is 12.6. The molecule has 19 heavy (non-hydrogen) atoms. The van der Waals surface area contributed by atoms with E-state index >= 15 is 0 Å². The lowest BCUT2D eigenvalue weighted by atomic mass is 10.1. The largest absolute Gasteiger partial charge is 0.468 e. The zero-order chi connectivity index (χ0) is 13.4. The highest BCUT2D eigenvalue weighted by Crippen LogP contribution is 2.25. The highest BCUT2D eigenvalue weighted by Gasteiger charge is 2.29. The molecule has 2 aromatic heterocycles. The number of tetrazole rings is 1. The molecule has 0 atom stereocenters. The Balaban J connectivity index is 1.96. The van der Waals surface area contributed by atoms with E-state index in [1.807, 2.05) is 13.8 Å². The minimum Gasteiger partial charge on any atom is -0.468 e. The van der Waals surface area contributed by atoms with Gasteiger partial charge in [-0.25, -0.2) is 4.68 Å². The molecule has 2 aromatic rings. The maximum atomic E-state index is 12.6. The number of furan rings is 1. The monoisotopic (exact) mass is 261 g/mol. The third-order valence-electron chi connectivity index (χ3n) is 3.20. The van der Waals surface area contributed by atoms with Crippen LogP contribution in [0.4, 0.5) is 5.95 Å². The molecule has 7 heteroatoms. The lowest BCUT2D eigenvalue weighted by Crippen LogP contribution is -2.38. The summed E-state index contributed by atoms with van der Waals surface area (Å²) in [5.74, 6) is 1.27. The predicted molar refractivity (Wildman–Crippen MR) is 66.9 cm³/mol. The number of hydrogen-bond acceptors (Lipinski definition) is 5. The van der Waals surface area contributed by atoms with Crippen LogP contribution >= 0.6 is 0 Å². The molecule has 3 heterocycles. The molecule has 7 nitrogen and oxygen atoms in total. The second-order valence-corrected chi connectivity index (χ2v) is 4.87. The Morgan fingerprint density at radius 1 is 1.42 bits per heavy atom. The number of aryl methyl sites for hydroxylation is 1. The molecule has 0 fully saturated rings. The second-order valence-electron chi connectivity index (χ2n) is 4.87. The van der Waals surface area contributed by atoms with Gasteiger partial charge in [-0.1, -0.05) is 18.9 Å². The van der Waals surface area contributed by atoms with Crippen molar-refractivity contribution < 1.29 is 9.21 Å². The fourth-order valence-electron chi connectivity index (χ4n) is 2.30. The molecule has 0 saturated carbocycles. The van der Waals surface area contributed by atoms with Gasteiger partial charge in [-0.15, -0.1) is 0 Å². The molecule has 0 radical (unpaired) electrons. The molecule has 0 spiro atoms. The molecular formula is C12H15N5O2. The minimum atomic E-state index is -0.104. The smallest absolute Gasteiger partial charge is 0.264 e. The summed E-state index contributed by atoms with van der Waals surface area (Å²) in [4.78, 5) is 14.2. The van der Waals surface area contributed by atoms with E-state index in [4.69, 9.17) is 4.42 Å². The number of fused-ring (bicyclic) bond motifs is 1. The summed E-state index contributed by atoms with van der Waals surface area (Å²) >= 11 is 0. The van der Waals surface area contributed by atoms with E-state index in [9.17, 15) is 4.79 Å². The molecule has 100 valence electrons. The third kappa shape index (κ3) is 1.91. The first-order valence-electron chi connectivity index (χ1n) is 6.34. The van der Waals surface area contributed by atoms with Crippen molar-refractivity contribution >= 4 is 11.9 Å². The SMILES string of the molecule is CC(C)c1occc1C(=O)N1CCCn2nnnc21. The Hall–Kier alpha value is -2.18. The average Bonchev–Trinajstić information content (AvgIpc) is 3.05. The van der Waals surface area contributed by atoms with Gasteiger partial charge in [0, 0.05) is 19.0 Å². The van der Waals surface area contributed by atoms with E-state index in [1.54, 1.807) is 21.9 Å². The molecule has 1 amide bonds. The van der Waals surface area contributed by atoms with Crippen LogP contribution in [0.3, 0.4) is 0 Å². The van der Waals surface area contributed by atoms with Crippen LogP contribution in [0.2, 0.25) is 0 Å². The van der Waals surface area contributed by atoms with Crippen molar-refractivity contribution in [3.05, 3.63) is 23.7 Å².